The highest BCUT2D eigenvalue weighted by Crippen LogP contribution is 2.31. The second-order valence-corrected chi connectivity index (χ2v) is 9.16. The van der Waals surface area contributed by atoms with Gasteiger partial charge in [0.1, 0.15) is 11.3 Å². The number of ether oxygens (including phenoxy) is 4. The van der Waals surface area contributed by atoms with Gasteiger partial charge >= 0.3 is 11.9 Å². The number of esters is 2. The first-order chi connectivity index (χ1) is 17.2. The molecule has 4 rings (SSSR count). The van der Waals surface area contributed by atoms with Crippen molar-refractivity contribution in [3.05, 3.63) is 94.7 Å². The van der Waals surface area contributed by atoms with Crippen LogP contribution in [0.4, 0.5) is 0 Å². The smallest absolute Gasteiger partial charge is 0.363 e. The van der Waals surface area contributed by atoms with Crippen LogP contribution in [0.25, 0.3) is 6.08 Å². The molecule has 36 heavy (non-hydrogen) atoms. The van der Waals surface area contributed by atoms with Crippen LogP contribution in [0, 0.1) is 0 Å². The molecule has 7 nitrogen and oxygen atoms in total. The molecule has 0 amide bonds. The molecule has 0 saturated carbocycles. The maximum atomic E-state index is 12.7. The molecule has 1 heterocycles. The van der Waals surface area contributed by atoms with E-state index >= 15 is 0 Å². The van der Waals surface area contributed by atoms with Crippen molar-refractivity contribution in [2.45, 2.75) is 26.2 Å². The predicted molar refractivity (Wildman–Crippen MR) is 137 cm³/mol. The summed E-state index contributed by atoms with van der Waals surface area (Å²) in [5.74, 6) is 0.0809. The Hall–Kier alpha value is -4.39. The molecule has 184 valence electrons. The van der Waals surface area contributed by atoms with E-state index in [1.54, 1.807) is 48.5 Å². The molecule has 0 saturated heterocycles. The summed E-state index contributed by atoms with van der Waals surface area (Å²) in [5, 5.41) is 0. The van der Waals surface area contributed by atoms with Crippen molar-refractivity contribution >= 4 is 23.9 Å². The number of rotatable bonds is 6. The van der Waals surface area contributed by atoms with Crippen LogP contribution in [-0.4, -0.2) is 32.1 Å². The summed E-state index contributed by atoms with van der Waals surface area (Å²) in [5.41, 5.74) is 2.99. The molecule has 7 heteroatoms. The van der Waals surface area contributed by atoms with E-state index in [0.29, 0.717) is 22.6 Å². The summed E-state index contributed by atoms with van der Waals surface area (Å²) in [6.45, 7) is 6.40. The number of benzene rings is 3. The summed E-state index contributed by atoms with van der Waals surface area (Å²) >= 11 is 0. The Balaban J connectivity index is 1.56. The van der Waals surface area contributed by atoms with Gasteiger partial charge in [-0.1, -0.05) is 51.1 Å². The average molecular weight is 486 g/mol. The van der Waals surface area contributed by atoms with Gasteiger partial charge in [-0.05, 0) is 59.0 Å². The summed E-state index contributed by atoms with van der Waals surface area (Å²) in [7, 11) is 2.95. The molecular formula is C29H27NO6. The van der Waals surface area contributed by atoms with Crippen LogP contribution in [0.3, 0.4) is 0 Å². The third-order valence-corrected chi connectivity index (χ3v) is 5.64. The van der Waals surface area contributed by atoms with Crippen LogP contribution in [-0.2, 0) is 14.9 Å². The minimum atomic E-state index is -0.581. The van der Waals surface area contributed by atoms with E-state index in [1.165, 1.54) is 19.8 Å². The number of hydrogen-bond acceptors (Lipinski definition) is 7. The molecule has 0 aliphatic carbocycles. The lowest BCUT2D eigenvalue weighted by molar-refractivity contribution is -0.129. The van der Waals surface area contributed by atoms with Gasteiger partial charge in [-0.3, -0.25) is 0 Å². The summed E-state index contributed by atoms with van der Waals surface area (Å²) in [4.78, 5) is 29.5. The van der Waals surface area contributed by atoms with Crippen LogP contribution in [0.2, 0.25) is 0 Å². The monoisotopic (exact) mass is 485 g/mol. The van der Waals surface area contributed by atoms with Crippen LogP contribution >= 0.6 is 0 Å². The number of carbonyl (C=O) groups excluding carboxylic acids is 2. The summed E-state index contributed by atoms with van der Waals surface area (Å²) < 4.78 is 21.6. The number of nitrogens with zero attached hydrogens (tertiary/aromatic N) is 1. The molecule has 3 aromatic rings. The molecular weight excluding hydrogens is 458 g/mol. The van der Waals surface area contributed by atoms with Gasteiger partial charge in [0.2, 0.25) is 5.90 Å². The standard InChI is InChI=1S/C29H27NO6/c1-29(2,3)20-13-11-19(12-14-20)26-30-22(28(32)36-26)16-18-10-15-24(25(17-18)34-5)35-27(31)21-8-6-7-9-23(21)33-4/h6-17H,1-5H3/b22-16+. The molecule has 1 aliphatic heterocycles. The minimum absolute atomic E-state index is 0.0183. The SMILES string of the molecule is COc1cc(/C=C2/N=C(c3ccc(C(C)(C)C)cc3)OC2=O)ccc1OC(=O)c1ccccc1OC. The van der Waals surface area contributed by atoms with Gasteiger partial charge < -0.3 is 18.9 Å². The van der Waals surface area contributed by atoms with Gasteiger partial charge in [-0.25, -0.2) is 14.6 Å². The third kappa shape index (κ3) is 5.30. The number of cyclic esters (lactones) is 1. The zero-order valence-corrected chi connectivity index (χ0v) is 20.8. The lowest BCUT2D eigenvalue weighted by Crippen LogP contribution is -2.11. The van der Waals surface area contributed by atoms with Crippen molar-refractivity contribution in [2.75, 3.05) is 14.2 Å². The maximum absolute atomic E-state index is 12.7. The van der Waals surface area contributed by atoms with Gasteiger partial charge in [0, 0.05) is 5.56 Å². The number of carbonyl (C=O) groups is 2. The van der Waals surface area contributed by atoms with Crippen molar-refractivity contribution in [3.8, 4) is 17.2 Å². The largest absolute Gasteiger partial charge is 0.496 e. The average Bonchev–Trinajstić information content (AvgIpc) is 3.24. The highest BCUT2D eigenvalue weighted by atomic mass is 16.6. The zero-order valence-electron chi connectivity index (χ0n) is 20.8. The molecule has 0 radical (unpaired) electrons. The van der Waals surface area contributed by atoms with Gasteiger partial charge in [0.15, 0.2) is 17.2 Å². The Morgan fingerprint density at radius 2 is 1.58 bits per heavy atom. The second kappa shape index (κ2) is 10.1. The number of methoxy groups -OCH3 is 2. The van der Waals surface area contributed by atoms with E-state index in [1.807, 2.05) is 24.3 Å². The van der Waals surface area contributed by atoms with Crippen molar-refractivity contribution in [1.82, 2.24) is 0 Å². The number of para-hydroxylation sites is 1. The van der Waals surface area contributed by atoms with Crippen LogP contribution in [0.5, 0.6) is 17.2 Å². The molecule has 0 atom stereocenters. The minimum Gasteiger partial charge on any atom is -0.496 e. The second-order valence-electron chi connectivity index (χ2n) is 9.16. The van der Waals surface area contributed by atoms with E-state index in [-0.39, 0.29) is 22.8 Å². The molecule has 0 unspecified atom stereocenters. The van der Waals surface area contributed by atoms with E-state index < -0.39 is 11.9 Å². The fraction of sp³-hybridized carbons (Fsp3) is 0.207. The van der Waals surface area contributed by atoms with Crippen molar-refractivity contribution in [1.29, 1.82) is 0 Å². The Morgan fingerprint density at radius 1 is 0.889 bits per heavy atom. The lowest BCUT2D eigenvalue weighted by atomic mass is 9.87. The summed E-state index contributed by atoms with van der Waals surface area (Å²) in [6, 6.07) is 19.5. The van der Waals surface area contributed by atoms with Gasteiger partial charge in [0.25, 0.3) is 0 Å². The normalized spacial score (nSPS) is 14.3. The Labute approximate surface area is 210 Å². The first-order valence-corrected chi connectivity index (χ1v) is 11.4. The first kappa shape index (κ1) is 24.7. The highest BCUT2D eigenvalue weighted by Gasteiger charge is 2.25. The molecule has 0 N–H and O–H groups in total. The third-order valence-electron chi connectivity index (χ3n) is 5.64. The molecule has 1 aliphatic rings. The van der Waals surface area contributed by atoms with E-state index in [0.717, 1.165) is 5.56 Å². The van der Waals surface area contributed by atoms with Gasteiger partial charge in [0.05, 0.1) is 14.2 Å². The lowest BCUT2D eigenvalue weighted by Gasteiger charge is -2.18. The van der Waals surface area contributed by atoms with E-state index in [4.69, 9.17) is 18.9 Å². The Kier molecular flexibility index (Phi) is 6.92. The highest BCUT2D eigenvalue weighted by molar-refractivity contribution is 6.12. The van der Waals surface area contributed by atoms with Crippen molar-refractivity contribution < 1.29 is 28.5 Å². The van der Waals surface area contributed by atoms with E-state index in [2.05, 4.69) is 25.8 Å². The number of aliphatic imine (C=N–C) groups is 1. The quantitative estimate of drug-likeness (QED) is 0.258. The van der Waals surface area contributed by atoms with Crippen LogP contribution in [0.15, 0.2) is 77.4 Å². The summed E-state index contributed by atoms with van der Waals surface area (Å²) in [6.07, 6.45) is 1.59. The van der Waals surface area contributed by atoms with E-state index in [9.17, 15) is 9.59 Å². The molecule has 0 spiro atoms. The fourth-order valence-electron chi connectivity index (χ4n) is 3.63. The van der Waals surface area contributed by atoms with Crippen molar-refractivity contribution in [2.24, 2.45) is 4.99 Å². The zero-order chi connectivity index (χ0) is 25.9. The van der Waals surface area contributed by atoms with Crippen LogP contribution < -0.4 is 14.2 Å². The van der Waals surface area contributed by atoms with Crippen LogP contribution in [0.1, 0.15) is 47.8 Å². The molecule has 3 aromatic carbocycles. The first-order valence-electron chi connectivity index (χ1n) is 11.4. The Bertz CT molecular complexity index is 1360. The van der Waals surface area contributed by atoms with Crippen molar-refractivity contribution in [3.63, 3.8) is 0 Å². The molecule has 0 fully saturated rings. The van der Waals surface area contributed by atoms with Gasteiger partial charge in [-0.2, -0.15) is 0 Å². The molecule has 0 bridgehead atoms. The Morgan fingerprint density at radius 3 is 2.25 bits per heavy atom. The fourth-order valence-corrected chi connectivity index (χ4v) is 3.63. The maximum Gasteiger partial charge on any atom is 0.363 e. The topological polar surface area (TPSA) is 83.4 Å². The predicted octanol–water partition coefficient (Wildman–Crippen LogP) is 5.57. The van der Waals surface area contributed by atoms with Gasteiger partial charge in [-0.15, -0.1) is 0 Å². The number of hydrogen-bond donors (Lipinski definition) is 0. The molecule has 0 aromatic heterocycles.